The molecule has 4 aromatic carbocycles. The third kappa shape index (κ3) is 14.1. The Bertz CT molecular complexity index is 3640. The molecule has 0 saturated heterocycles. The highest BCUT2D eigenvalue weighted by molar-refractivity contribution is 6.32. The molecular formula is C46H36Cl4N20O14. The Balaban J connectivity index is 0.000000143. The molecule has 0 aliphatic heterocycles. The number of aromatic nitrogens is 16. The number of carboxylic acids is 1. The first-order valence-electron chi connectivity index (χ1n) is 22.7. The number of hydrogen-bond donors (Lipinski definition) is 5. The molecule has 0 radical (unpaired) electrons. The molecular weight excluding hydrogens is 1200 g/mol. The number of carboxylic acid groups (broad SMARTS) is 1. The van der Waals surface area contributed by atoms with E-state index in [2.05, 4.69) is 100 Å². The fraction of sp³-hybridized carbons (Fsp3) is 0.109. The van der Waals surface area contributed by atoms with Crippen LogP contribution in [0.25, 0.3) is 91.9 Å². The predicted molar refractivity (Wildman–Crippen MR) is 289 cm³/mol. The van der Waals surface area contributed by atoms with Crippen LogP contribution in [0.4, 0.5) is 23.3 Å². The summed E-state index contributed by atoms with van der Waals surface area (Å²) in [7, 11) is 6.13. The Morgan fingerprint density at radius 3 is 0.750 bits per heavy atom. The minimum Gasteiger partial charge on any atom is -0.496 e. The number of carbonyl (C=O) groups is 1. The normalized spacial score (nSPS) is 10.5. The predicted octanol–water partition coefficient (Wildman–Crippen LogP) is 8.21. The van der Waals surface area contributed by atoms with Crippen LogP contribution in [0.3, 0.4) is 0 Å². The second-order valence-corrected chi connectivity index (χ2v) is 17.3. The van der Waals surface area contributed by atoms with Crippen molar-refractivity contribution in [2.24, 2.45) is 0 Å². The Hall–Kier alpha value is -11.0. The van der Waals surface area contributed by atoms with Crippen molar-refractivity contribution in [1.29, 1.82) is 0 Å². The van der Waals surface area contributed by atoms with Crippen molar-refractivity contribution in [1.82, 2.24) is 81.8 Å². The molecule has 8 aromatic heterocycles. The van der Waals surface area contributed by atoms with E-state index in [4.69, 9.17) is 116 Å². The van der Waals surface area contributed by atoms with E-state index in [1.54, 1.807) is 72.8 Å². The molecule has 0 atom stereocenters. The van der Waals surface area contributed by atoms with Gasteiger partial charge in [0.05, 0.1) is 50.7 Å². The monoisotopic (exact) mass is 1230 g/mol. The molecule has 0 aliphatic carbocycles. The number of benzene rings is 4. The lowest BCUT2D eigenvalue weighted by Gasteiger charge is -2.04. The van der Waals surface area contributed by atoms with Gasteiger partial charge in [-0.05, 0) is 114 Å². The SMILES string of the molecule is CC(=O)O.COc1ccc(Cl)cc1-c1nc(-c2nonc2N)no1.COc1ccc(Cl)cc1-c1nc(-c2nonc2N)no1.COc1ccc(Cl)cc1-c1nc(-c2nonc2N)no1.COc1ccc(Cl)cc1-c1nc(-c2nonc2N)no1. The van der Waals surface area contributed by atoms with E-state index in [1.165, 1.54) is 28.4 Å². The Morgan fingerprint density at radius 1 is 0.381 bits per heavy atom. The molecule has 12 rings (SSSR count). The quantitative estimate of drug-likeness (QED) is 0.0768. The average molecular weight is 1230 g/mol. The third-order valence-electron chi connectivity index (χ3n) is 10.2. The summed E-state index contributed by atoms with van der Waals surface area (Å²) in [6.07, 6.45) is 0. The van der Waals surface area contributed by atoms with Crippen LogP contribution in [0, 0.1) is 0 Å². The van der Waals surface area contributed by atoms with Crippen LogP contribution in [0.15, 0.2) is 109 Å². The number of aliphatic carboxylic acids is 1. The number of ether oxygens (including phenoxy) is 4. The molecule has 0 unspecified atom stereocenters. The zero-order chi connectivity index (χ0) is 60.0. The zero-order valence-electron chi connectivity index (χ0n) is 43.2. The number of rotatable bonds is 12. The molecule has 0 amide bonds. The van der Waals surface area contributed by atoms with Crippen molar-refractivity contribution < 1.29 is 65.5 Å². The van der Waals surface area contributed by atoms with Crippen molar-refractivity contribution in [2.75, 3.05) is 51.4 Å². The van der Waals surface area contributed by atoms with Gasteiger partial charge in [0.1, 0.15) is 23.0 Å². The van der Waals surface area contributed by atoms with E-state index in [-0.39, 0.29) is 92.9 Å². The summed E-state index contributed by atoms with van der Waals surface area (Å²) in [5.74, 6) is 3.25. The Labute approximate surface area is 487 Å². The first kappa shape index (κ1) is 59.2. The lowest BCUT2D eigenvalue weighted by molar-refractivity contribution is -0.134. The zero-order valence-corrected chi connectivity index (χ0v) is 46.2. The second kappa shape index (κ2) is 27.0. The molecule has 0 bridgehead atoms. The molecule has 432 valence electrons. The molecule has 9 N–H and O–H groups in total. The van der Waals surface area contributed by atoms with Crippen molar-refractivity contribution in [3.8, 4) is 115 Å². The van der Waals surface area contributed by atoms with Gasteiger partial charge in [0.25, 0.3) is 29.5 Å². The highest BCUT2D eigenvalue weighted by Crippen LogP contribution is 2.37. The minimum absolute atomic E-state index is 0.0791. The molecule has 0 fully saturated rings. The van der Waals surface area contributed by atoms with E-state index in [1.807, 2.05) is 0 Å². The number of anilines is 4. The smallest absolute Gasteiger partial charge is 0.300 e. The van der Waals surface area contributed by atoms with E-state index in [0.717, 1.165) is 6.92 Å². The minimum atomic E-state index is -0.833. The first-order valence-corrected chi connectivity index (χ1v) is 24.2. The van der Waals surface area contributed by atoms with E-state index >= 15 is 0 Å². The van der Waals surface area contributed by atoms with Gasteiger partial charge in [-0.1, -0.05) is 67.0 Å². The lowest BCUT2D eigenvalue weighted by Crippen LogP contribution is -1.90. The largest absolute Gasteiger partial charge is 0.496 e. The summed E-state index contributed by atoms with van der Waals surface area (Å²) in [5, 5.41) is 52.8. The molecule has 0 aliphatic rings. The van der Waals surface area contributed by atoms with Crippen molar-refractivity contribution in [3.05, 3.63) is 92.9 Å². The molecule has 8 heterocycles. The fourth-order valence-corrected chi connectivity index (χ4v) is 7.20. The maximum atomic E-state index is 9.00. The van der Waals surface area contributed by atoms with Gasteiger partial charge in [-0.2, -0.15) is 19.9 Å². The number of halogens is 4. The number of methoxy groups -OCH3 is 4. The second-order valence-electron chi connectivity index (χ2n) is 15.6. The molecule has 84 heavy (non-hydrogen) atoms. The number of nitrogens with two attached hydrogens (primary N) is 4. The van der Waals surface area contributed by atoms with Crippen LogP contribution < -0.4 is 41.9 Å². The van der Waals surface area contributed by atoms with Crippen LogP contribution in [0.1, 0.15) is 6.92 Å². The van der Waals surface area contributed by atoms with Gasteiger partial charge in [-0.15, -0.1) is 0 Å². The van der Waals surface area contributed by atoms with Gasteiger partial charge in [0, 0.05) is 27.0 Å². The average Bonchev–Trinajstić information content (AvgIpc) is 4.54. The van der Waals surface area contributed by atoms with Gasteiger partial charge in [0.2, 0.25) is 23.3 Å². The Morgan fingerprint density at radius 2 is 0.583 bits per heavy atom. The molecule has 38 heteroatoms. The fourth-order valence-electron chi connectivity index (χ4n) is 6.51. The van der Waals surface area contributed by atoms with Crippen LogP contribution in [-0.4, -0.2) is 121 Å². The molecule has 34 nitrogen and oxygen atoms in total. The van der Waals surface area contributed by atoms with Gasteiger partial charge < -0.3 is 65.1 Å². The first-order chi connectivity index (χ1) is 40.5. The van der Waals surface area contributed by atoms with Gasteiger partial charge in [-0.25, -0.2) is 18.5 Å². The van der Waals surface area contributed by atoms with Crippen LogP contribution in [0.5, 0.6) is 23.0 Å². The highest BCUT2D eigenvalue weighted by Gasteiger charge is 2.24. The van der Waals surface area contributed by atoms with E-state index < -0.39 is 5.97 Å². The molecule has 0 spiro atoms. The van der Waals surface area contributed by atoms with Crippen molar-refractivity contribution in [2.45, 2.75) is 6.92 Å². The lowest BCUT2D eigenvalue weighted by atomic mass is 10.2. The van der Waals surface area contributed by atoms with Gasteiger partial charge in [-0.3, -0.25) is 4.79 Å². The van der Waals surface area contributed by atoms with Crippen molar-refractivity contribution >= 4 is 75.6 Å². The number of nitrogens with zero attached hydrogens (tertiary/aromatic N) is 16. The van der Waals surface area contributed by atoms with Crippen LogP contribution in [0.2, 0.25) is 20.1 Å². The molecule has 12 aromatic rings. The maximum absolute atomic E-state index is 9.00. The topological polar surface area (TPSA) is 490 Å². The number of hydrogen-bond acceptors (Lipinski definition) is 33. The summed E-state index contributed by atoms with van der Waals surface area (Å²) >= 11 is 23.8. The summed E-state index contributed by atoms with van der Waals surface area (Å²) in [4.78, 5) is 25.7. The highest BCUT2D eigenvalue weighted by atomic mass is 35.5. The Kier molecular flexibility index (Phi) is 19.0. The van der Waals surface area contributed by atoms with Crippen LogP contribution in [-0.2, 0) is 4.79 Å². The summed E-state index contributed by atoms with van der Waals surface area (Å²) in [5.41, 5.74) is 25.4. The van der Waals surface area contributed by atoms with E-state index in [9.17, 15) is 0 Å². The van der Waals surface area contributed by atoms with Crippen LogP contribution >= 0.6 is 46.4 Å². The third-order valence-corrected chi connectivity index (χ3v) is 11.1. The maximum Gasteiger partial charge on any atom is 0.300 e. The van der Waals surface area contributed by atoms with Crippen molar-refractivity contribution in [3.63, 3.8) is 0 Å². The van der Waals surface area contributed by atoms with Gasteiger partial charge in [0.15, 0.2) is 46.0 Å². The summed E-state index contributed by atoms with van der Waals surface area (Å²) < 4.78 is 59.5. The van der Waals surface area contributed by atoms with E-state index in [0.29, 0.717) is 65.3 Å². The number of nitrogen functional groups attached to an aromatic ring is 4. The summed E-state index contributed by atoms with van der Waals surface area (Å²) in [6, 6.07) is 20.2. The van der Waals surface area contributed by atoms with Gasteiger partial charge >= 0.3 is 0 Å². The summed E-state index contributed by atoms with van der Waals surface area (Å²) in [6.45, 7) is 1.08. The molecule has 0 saturated carbocycles. The standard InChI is InChI=1S/4C11H8ClN5O3.C2H4O2/c4*1-18-7-3-2-5(12)4-6(7)11-14-10(17-19-11)8-9(13)16-20-15-8;1-2(3)4/h4*2-4H,1H3,(H2,13,16);1H3,(H,3,4).